The van der Waals surface area contributed by atoms with Crippen molar-refractivity contribution < 1.29 is 13.6 Å². The normalized spacial score (nSPS) is 10.8. The molecule has 0 amide bonds. The molecule has 1 heterocycles. The molecular weight excluding hydrogens is 262 g/mol. The van der Waals surface area contributed by atoms with Gasteiger partial charge in [0, 0.05) is 31.6 Å². The molecule has 0 bridgehead atoms. The number of benzene rings is 1. The first kappa shape index (κ1) is 14.4. The highest BCUT2D eigenvalue weighted by atomic mass is 19.1. The SMILES string of the molecule is CCc1cc(CC(=O)Cc2cc(F)cc(F)c2)n(C)n1. The quantitative estimate of drug-likeness (QED) is 0.842. The van der Waals surface area contributed by atoms with Crippen LogP contribution in [0.4, 0.5) is 8.78 Å². The van der Waals surface area contributed by atoms with Gasteiger partial charge in [0.25, 0.3) is 0 Å². The van der Waals surface area contributed by atoms with Gasteiger partial charge in [0.2, 0.25) is 0 Å². The number of rotatable bonds is 5. The van der Waals surface area contributed by atoms with Gasteiger partial charge < -0.3 is 0 Å². The smallest absolute Gasteiger partial charge is 0.143 e. The van der Waals surface area contributed by atoms with Crippen molar-refractivity contribution in [2.45, 2.75) is 26.2 Å². The third-order valence-corrected chi connectivity index (χ3v) is 3.09. The maximum absolute atomic E-state index is 13.1. The lowest BCUT2D eigenvalue weighted by molar-refractivity contribution is -0.117. The molecule has 106 valence electrons. The molecule has 0 fully saturated rings. The van der Waals surface area contributed by atoms with Gasteiger partial charge in [0.05, 0.1) is 5.69 Å². The predicted molar refractivity (Wildman–Crippen MR) is 71.4 cm³/mol. The zero-order valence-corrected chi connectivity index (χ0v) is 11.5. The molecule has 2 aromatic rings. The molecule has 0 aliphatic carbocycles. The van der Waals surface area contributed by atoms with E-state index in [9.17, 15) is 13.6 Å². The van der Waals surface area contributed by atoms with Crippen LogP contribution in [0.15, 0.2) is 24.3 Å². The Balaban J connectivity index is 2.06. The number of Topliss-reactive ketones (excluding diaryl/α,β-unsaturated/α-hetero) is 1. The van der Waals surface area contributed by atoms with Crippen molar-refractivity contribution in [3.05, 3.63) is 52.9 Å². The van der Waals surface area contributed by atoms with E-state index in [4.69, 9.17) is 0 Å². The van der Waals surface area contributed by atoms with Gasteiger partial charge in [-0.3, -0.25) is 9.48 Å². The highest BCUT2D eigenvalue weighted by Gasteiger charge is 2.11. The Kier molecular flexibility index (Phi) is 4.27. The molecule has 0 spiro atoms. The predicted octanol–water partition coefficient (Wildman–Crippen LogP) is 2.62. The minimum Gasteiger partial charge on any atom is -0.299 e. The Morgan fingerprint density at radius 1 is 1.15 bits per heavy atom. The summed E-state index contributed by atoms with van der Waals surface area (Å²) < 4.78 is 27.8. The lowest BCUT2D eigenvalue weighted by Crippen LogP contribution is -2.10. The average Bonchev–Trinajstić information content (AvgIpc) is 2.68. The molecule has 2 rings (SSSR count). The van der Waals surface area contributed by atoms with Crippen LogP contribution in [-0.2, 0) is 31.1 Å². The topological polar surface area (TPSA) is 34.9 Å². The minimum atomic E-state index is -0.665. The van der Waals surface area contributed by atoms with Gasteiger partial charge in [-0.05, 0) is 30.2 Å². The number of hydrogen-bond acceptors (Lipinski definition) is 2. The van der Waals surface area contributed by atoms with Crippen LogP contribution in [0.25, 0.3) is 0 Å². The van der Waals surface area contributed by atoms with Gasteiger partial charge in [0.15, 0.2) is 0 Å². The maximum Gasteiger partial charge on any atom is 0.143 e. The van der Waals surface area contributed by atoms with Gasteiger partial charge in [-0.1, -0.05) is 6.92 Å². The summed E-state index contributed by atoms with van der Waals surface area (Å²) in [5, 5.41) is 4.26. The Morgan fingerprint density at radius 2 is 1.80 bits per heavy atom. The fourth-order valence-electron chi connectivity index (χ4n) is 2.11. The van der Waals surface area contributed by atoms with Crippen LogP contribution >= 0.6 is 0 Å². The van der Waals surface area contributed by atoms with Crippen LogP contribution in [-0.4, -0.2) is 15.6 Å². The molecule has 0 saturated heterocycles. The van der Waals surface area contributed by atoms with E-state index >= 15 is 0 Å². The zero-order chi connectivity index (χ0) is 14.7. The van der Waals surface area contributed by atoms with Crippen molar-refractivity contribution >= 4 is 5.78 Å². The number of aryl methyl sites for hydroxylation is 2. The molecular formula is C15H16F2N2O. The molecule has 1 aromatic carbocycles. The van der Waals surface area contributed by atoms with Crippen molar-refractivity contribution in [2.75, 3.05) is 0 Å². The molecule has 0 radical (unpaired) electrons. The number of halogens is 2. The summed E-state index contributed by atoms with van der Waals surface area (Å²) in [5.74, 6) is -1.43. The van der Waals surface area contributed by atoms with E-state index in [0.29, 0.717) is 5.56 Å². The number of nitrogens with zero attached hydrogens (tertiary/aromatic N) is 2. The first-order valence-electron chi connectivity index (χ1n) is 6.46. The van der Waals surface area contributed by atoms with Gasteiger partial charge in [-0.25, -0.2) is 8.78 Å². The molecule has 3 nitrogen and oxygen atoms in total. The van der Waals surface area contributed by atoms with Gasteiger partial charge >= 0.3 is 0 Å². The molecule has 20 heavy (non-hydrogen) atoms. The Hall–Kier alpha value is -2.04. The summed E-state index contributed by atoms with van der Waals surface area (Å²) in [4.78, 5) is 12.0. The molecule has 5 heteroatoms. The molecule has 0 N–H and O–H groups in total. The van der Waals surface area contributed by atoms with E-state index in [1.54, 1.807) is 11.7 Å². The Labute approximate surface area is 116 Å². The number of carbonyl (C=O) groups excluding carboxylic acids is 1. The number of carbonyl (C=O) groups is 1. The molecule has 0 unspecified atom stereocenters. The summed E-state index contributed by atoms with van der Waals surface area (Å²) >= 11 is 0. The van der Waals surface area contributed by atoms with E-state index < -0.39 is 11.6 Å². The largest absolute Gasteiger partial charge is 0.299 e. The van der Waals surface area contributed by atoms with Crippen molar-refractivity contribution in [3.63, 3.8) is 0 Å². The van der Waals surface area contributed by atoms with Crippen LogP contribution in [0, 0.1) is 11.6 Å². The highest BCUT2D eigenvalue weighted by Crippen LogP contribution is 2.11. The first-order valence-corrected chi connectivity index (χ1v) is 6.46. The summed E-state index contributed by atoms with van der Waals surface area (Å²) in [6.45, 7) is 1.99. The van der Waals surface area contributed by atoms with Crippen LogP contribution in [0.5, 0.6) is 0 Å². The first-order chi connectivity index (χ1) is 9.47. The van der Waals surface area contributed by atoms with Crippen LogP contribution in [0.1, 0.15) is 23.9 Å². The summed E-state index contributed by atoms with van der Waals surface area (Å²) in [5.41, 5.74) is 2.08. The lowest BCUT2D eigenvalue weighted by Gasteiger charge is -2.03. The molecule has 0 aliphatic heterocycles. The standard InChI is InChI=1S/C15H16F2N2O/c1-3-13-8-14(19(2)18-13)9-15(20)6-10-4-11(16)7-12(17)5-10/h4-5,7-8H,3,6,9H2,1-2H3. The van der Waals surface area contributed by atoms with Crippen LogP contribution in [0.3, 0.4) is 0 Å². The van der Waals surface area contributed by atoms with E-state index in [-0.39, 0.29) is 18.6 Å². The maximum atomic E-state index is 13.1. The third-order valence-electron chi connectivity index (χ3n) is 3.09. The van der Waals surface area contributed by atoms with Crippen molar-refractivity contribution in [1.29, 1.82) is 0 Å². The van der Waals surface area contributed by atoms with Gasteiger partial charge in [-0.15, -0.1) is 0 Å². The second-order valence-electron chi connectivity index (χ2n) is 4.77. The van der Waals surface area contributed by atoms with E-state index in [2.05, 4.69) is 5.10 Å². The summed E-state index contributed by atoms with van der Waals surface area (Å²) in [7, 11) is 1.78. The van der Waals surface area contributed by atoms with Crippen LogP contribution in [0.2, 0.25) is 0 Å². The van der Waals surface area contributed by atoms with Crippen molar-refractivity contribution in [2.24, 2.45) is 7.05 Å². The fraction of sp³-hybridized carbons (Fsp3) is 0.333. The second-order valence-corrected chi connectivity index (χ2v) is 4.77. The Bertz CT molecular complexity index is 615. The lowest BCUT2D eigenvalue weighted by atomic mass is 10.1. The average molecular weight is 278 g/mol. The number of hydrogen-bond donors (Lipinski definition) is 0. The number of ketones is 1. The summed E-state index contributed by atoms with van der Waals surface area (Å²) in [6.07, 6.45) is 1.03. The third kappa shape index (κ3) is 3.50. The monoisotopic (exact) mass is 278 g/mol. The number of aromatic nitrogens is 2. The highest BCUT2D eigenvalue weighted by molar-refractivity contribution is 5.82. The molecule has 0 atom stereocenters. The summed E-state index contributed by atoms with van der Waals surface area (Å²) in [6, 6.07) is 5.04. The van der Waals surface area contributed by atoms with E-state index in [1.807, 2.05) is 13.0 Å². The molecule has 1 aromatic heterocycles. The Morgan fingerprint density at radius 3 is 2.35 bits per heavy atom. The van der Waals surface area contributed by atoms with Gasteiger partial charge in [-0.2, -0.15) is 5.10 Å². The molecule has 0 saturated carbocycles. The zero-order valence-electron chi connectivity index (χ0n) is 11.5. The fourth-order valence-corrected chi connectivity index (χ4v) is 2.11. The van der Waals surface area contributed by atoms with Crippen molar-refractivity contribution in [1.82, 2.24) is 9.78 Å². The van der Waals surface area contributed by atoms with Gasteiger partial charge in [0.1, 0.15) is 17.4 Å². The minimum absolute atomic E-state index is 0.0152. The molecule has 0 aliphatic rings. The second kappa shape index (κ2) is 5.94. The van der Waals surface area contributed by atoms with E-state index in [1.165, 1.54) is 12.1 Å². The van der Waals surface area contributed by atoms with Crippen LogP contribution < -0.4 is 0 Å². The van der Waals surface area contributed by atoms with E-state index in [0.717, 1.165) is 23.9 Å². The van der Waals surface area contributed by atoms with Crippen molar-refractivity contribution in [3.8, 4) is 0 Å².